The maximum Gasteiger partial charge on any atom is 0.269 e. The fourth-order valence-corrected chi connectivity index (χ4v) is 2.50. The minimum absolute atomic E-state index is 0.0604. The van der Waals surface area contributed by atoms with Crippen LogP contribution in [0.15, 0.2) is 67.2 Å². The summed E-state index contributed by atoms with van der Waals surface area (Å²) in [5.74, 6) is -0.425. The third-order valence-electron chi connectivity index (χ3n) is 3.89. The number of non-ortho nitro benzene ring substituents is 1. The summed E-state index contributed by atoms with van der Waals surface area (Å²) in [5.41, 5.74) is 6.02. The molecule has 0 aliphatic carbocycles. The quantitative estimate of drug-likeness (QED) is 0.484. The van der Waals surface area contributed by atoms with Gasteiger partial charge in [0, 0.05) is 28.6 Å². The molecule has 0 aromatic heterocycles. The van der Waals surface area contributed by atoms with E-state index in [1.54, 1.807) is 12.1 Å². The Morgan fingerprint density at radius 2 is 1.69 bits per heavy atom. The number of amides is 1. The van der Waals surface area contributed by atoms with Crippen molar-refractivity contribution in [2.45, 2.75) is 0 Å². The van der Waals surface area contributed by atoms with Gasteiger partial charge in [-0.25, -0.2) is 0 Å². The topological polar surface area (TPSA) is 104 Å². The molecule has 0 heterocycles. The number of fused-ring (bicyclic) bond motifs is 1. The predicted molar refractivity (Wildman–Crippen MR) is 98.3 cm³/mol. The molecule has 0 radical (unpaired) electrons. The number of hydrogen-bond acceptors (Lipinski definition) is 5. The van der Waals surface area contributed by atoms with Crippen LogP contribution in [-0.4, -0.2) is 15.9 Å². The van der Waals surface area contributed by atoms with Gasteiger partial charge >= 0.3 is 0 Å². The molecule has 3 aromatic rings. The Morgan fingerprint density at radius 3 is 2.38 bits per heavy atom. The van der Waals surface area contributed by atoms with Crippen LogP contribution in [0.2, 0.25) is 0 Å². The van der Waals surface area contributed by atoms with Gasteiger partial charge in [0.2, 0.25) is 0 Å². The van der Waals surface area contributed by atoms with Crippen molar-refractivity contribution < 1.29 is 14.8 Å². The molecular weight excluding hydrogens is 334 g/mol. The van der Waals surface area contributed by atoms with Crippen LogP contribution >= 0.6 is 0 Å². The highest BCUT2D eigenvalue weighted by atomic mass is 16.6. The molecule has 1 amide bonds. The van der Waals surface area contributed by atoms with E-state index < -0.39 is 10.8 Å². The van der Waals surface area contributed by atoms with E-state index in [4.69, 9.17) is 0 Å². The zero-order valence-electron chi connectivity index (χ0n) is 13.6. The molecule has 0 atom stereocenters. The van der Waals surface area contributed by atoms with Gasteiger partial charge in [-0.3, -0.25) is 25.8 Å². The first-order valence-electron chi connectivity index (χ1n) is 7.68. The molecule has 0 spiro atoms. The van der Waals surface area contributed by atoms with E-state index in [1.165, 1.54) is 24.3 Å². The first-order valence-corrected chi connectivity index (χ1v) is 7.68. The van der Waals surface area contributed by atoms with Crippen molar-refractivity contribution in [3.05, 3.63) is 88.5 Å². The maximum atomic E-state index is 12.1. The second-order valence-corrected chi connectivity index (χ2v) is 5.54. The van der Waals surface area contributed by atoms with Crippen LogP contribution in [0, 0.1) is 10.1 Å². The fourth-order valence-electron chi connectivity index (χ4n) is 2.50. The molecular formula is C19H15N3O4. The molecule has 0 bridgehead atoms. The van der Waals surface area contributed by atoms with Gasteiger partial charge in [-0.1, -0.05) is 36.9 Å². The lowest BCUT2D eigenvalue weighted by molar-refractivity contribution is -0.384. The summed E-state index contributed by atoms with van der Waals surface area (Å²) >= 11 is 0. The smallest absolute Gasteiger partial charge is 0.269 e. The fraction of sp³-hybridized carbons (Fsp3) is 0. The van der Waals surface area contributed by atoms with Crippen LogP contribution in [-0.2, 0) is 0 Å². The number of nitrogens with zero attached hydrogens (tertiary/aromatic N) is 1. The number of hydrazine groups is 1. The standard InChI is InChI=1S/C19H15N3O4/c1-12(16-11-8-13-4-2-3-5-17(13)18(16)23)20-21-19(24)14-6-9-15(10-7-14)22(25)26/h2-11,20,23H,1H2,(H,21,24). The number of hydrogen-bond donors (Lipinski definition) is 3. The summed E-state index contributed by atoms with van der Waals surface area (Å²) in [4.78, 5) is 22.2. The minimum Gasteiger partial charge on any atom is -0.507 e. The number of phenols is 1. The summed E-state index contributed by atoms with van der Waals surface area (Å²) < 4.78 is 0. The highest BCUT2D eigenvalue weighted by molar-refractivity contribution is 5.95. The molecule has 0 aliphatic rings. The van der Waals surface area contributed by atoms with Crippen LogP contribution in [0.25, 0.3) is 16.5 Å². The van der Waals surface area contributed by atoms with E-state index in [2.05, 4.69) is 17.4 Å². The van der Waals surface area contributed by atoms with Crippen molar-refractivity contribution in [3.8, 4) is 5.75 Å². The van der Waals surface area contributed by atoms with E-state index in [0.29, 0.717) is 16.6 Å². The Bertz CT molecular complexity index is 1010. The highest BCUT2D eigenvalue weighted by Gasteiger charge is 2.12. The predicted octanol–water partition coefficient (Wildman–Crippen LogP) is 3.36. The van der Waals surface area contributed by atoms with Gasteiger partial charge in [-0.05, 0) is 23.6 Å². The Labute approximate surface area is 148 Å². The first kappa shape index (κ1) is 17.0. The van der Waals surface area contributed by atoms with Gasteiger partial charge in [0.25, 0.3) is 11.6 Å². The number of rotatable bonds is 5. The molecule has 0 saturated heterocycles. The molecule has 7 heteroatoms. The van der Waals surface area contributed by atoms with E-state index in [1.807, 2.05) is 24.3 Å². The Balaban J connectivity index is 1.71. The van der Waals surface area contributed by atoms with Crippen LogP contribution in [0.1, 0.15) is 15.9 Å². The van der Waals surface area contributed by atoms with Gasteiger partial charge in [-0.15, -0.1) is 0 Å². The van der Waals surface area contributed by atoms with E-state index >= 15 is 0 Å². The molecule has 130 valence electrons. The summed E-state index contributed by atoms with van der Waals surface area (Å²) in [6, 6.07) is 16.1. The largest absolute Gasteiger partial charge is 0.507 e. The summed E-state index contributed by atoms with van der Waals surface area (Å²) in [5, 5.41) is 22.6. The maximum absolute atomic E-state index is 12.1. The average molecular weight is 349 g/mol. The molecule has 26 heavy (non-hydrogen) atoms. The van der Waals surface area contributed by atoms with Crippen molar-refractivity contribution in [3.63, 3.8) is 0 Å². The average Bonchev–Trinajstić information content (AvgIpc) is 2.66. The summed E-state index contributed by atoms with van der Waals surface area (Å²) in [6.45, 7) is 3.82. The van der Waals surface area contributed by atoms with E-state index in [9.17, 15) is 20.0 Å². The van der Waals surface area contributed by atoms with Crippen molar-refractivity contribution in [2.24, 2.45) is 0 Å². The third-order valence-corrected chi connectivity index (χ3v) is 3.89. The van der Waals surface area contributed by atoms with Gasteiger partial charge in [0.1, 0.15) is 5.75 Å². The first-order chi connectivity index (χ1) is 12.5. The zero-order chi connectivity index (χ0) is 18.7. The SMILES string of the molecule is C=C(NNC(=O)c1ccc([N+](=O)[O-])cc1)c1ccc2ccccc2c1O. The van der Waals surface area contributed by atoms with Crippen molar-refractivity contribution in [1.29, 1.82) is 0 Å². The Kier molecular flexibility index (Phi) is 4.53. The van der Waals surface area contributed by atoms with Crippen molar-refractivity contribution >= 4 is 28.1 Å². The van der Waals surface area contributed by atoms with Crippen LogP contribution in [0.3, 0.4) is 0 Å². The minimum atomic E-state index is -0.537. The normalized spacial score (nSPS) is 10.3. The molecule has 3 N–H and O–H groups in total. The number of nitro benzene ring substituents is 1. The Morgan fingerprint density at radius 1 is 1.00 bits per heavy atom. The summed E-state index contributed by atoms with van der Waals surface area (Å²) in [7, 11) is 0. The number of aromatic hydroxyl groups is 1. The lowest BCUT2D eigenvalue weighted by Gasteiger charge is -2.14. The number of carbonyl (C=O) groups is 1. The number of carbonyl (C=O) groups excluding carboxylic acids is 1. The molecule has 7 nitrogen and oxygen atoms in total. The number of benzene rings is 3. The molecule has 3 aromatic carbocycles. The summed E-state index contributed by atoms with van der Waals surface area (Å²) in [6.07, 6.45) is 0. The second kappa shape index (κ2) is 6.94. The van der Waals surface area contributed by atoms with Crippen molar-refractivity contribution in [2.75, 3.05) is 0 Å². The highest BCUT2D eigenvalue weighted by Crippen LogP contribution is 2.31. The van der Waals surface area contributed by atoms with Crippen LogP contribution in [0.4, 0.5) is 5.69 Å². The van der Waals surface area contributed by atoms with Crippen LogP contribution < -0.4 is 10.9 Å². The number of nitrogens with one attached hydrogen (secondary N) is 2. The lowest BCUT2D eigenvalue weighted by atomic mass is 10.0. The second-order valence-electron chi connectivity index (χ2n) is 5.54. The van der Waals surface area contributed by atoms with E-state index in [-0.39, 0.29) is 17.0 Å². The van der Waals surface area contributed by atoms with Crippen LogP contribution in [0.5, 0.6) is 5.75 Å². The van der Waals surface area contributed by atoms with Gasteiger partial charge in [-0.2, -0.15) is 0 Å². The molecule has 3 rings (SSSR count). The Hall–Kier alpha value is -3.87. The molecule has 0 aliphatic heterocycles. The third kappa shape index (κ3) is 3.32. The zero-order valence-corrected chi connectivity index (χ0v) is 13.6. The monoisotopic (exact) mass is 349 g/mol. The van der Waals surface area contributed by atoms with Gasteiger partial charge in [0.05, 0.1) is 10.6 Å². The van der Waals surface area contributed by atoms with Gasteiger partial charge < -0.3 is 5.11 Å². The molecule has 0 fully saturated rings. The lowest BCUT2D eigenvalue weighted by Crippen LogP contribution is -2.35. The molecule has 0 saturated carbocycles. The number of phenolic OH excluding ortho intramolecular Hbond substituents is 1. The molecule has 0 unspecified atom stereocenters. The van der Waals surface area contributed by atoms with E-state index in [0.717, 1.165) is 5.39 Å². The van der Waals surface area contributed by atoms with Crippen molar-refractivity contribution in [1.82, 2.24) is 10.9 Å². The number of nitro groups is 1. The van der Waals surface area contributed by atoms with Gasteiger partial charge in [0.15, 0.2) is 0 Å².